The number of ketones is 1. The average molecular weight is 385 g/mol. The lowest BCUT2D eigenvalue weighted by atomic mass is 10.0. The highest BCUT2D eigenvalue weighted by molar-refractivity contribution is 9.10. The first-order chi connectivity index (χ1) is 9.89. The molecule has 6 heteroatoms. The minimum absolute atomic E-state index is 0.138. The highest BCUT2D eigenvalue weighted by Crippen LogP contribution is 2.44. The van der Waals surface area contributed by atoms with Crippen molar-refractivity contribution >= 4 is 56.5 Å². The molecule has 1 heterocycles. The Morgan fingerprint density at radius 3 is 2.33 bits per heavy atom. The van der Waals surface area contributed by atoms with Crippen LogP contribution in [0.15, 0.2) is 46.9 Å². The van der Waals surface area contributed by atoms with Gasteiger partial charge in [0.15, 0.2) is 5.78 Å². The highest BCUT2D eigenvalue weighted by atomic mass is 79.9. The van der Waals surface area contributed by atoms with E-state index in [1.165, 1.54) is 0 Å². The molecule has 1 N–H and O–H groups in total. The lowest BCUT2D eigenvalue weighted by molar-refractivity contribution is -0.116. The van der Waals surface area contributed by atoms with Gasteiger partial charge in [0.1, 0.15) is 0 Å². The van der Waals surface area contributed by atoms with Gasteiger partial charge in [-0.1, -0.05) is 51.3 Å². The van der Waals surface area contributed by atoms with Crippen LogP contribution >= 0.6 is 39.1 Å². The standard InChI is InChI=1S/C15H8BrCl2NO2/c16-10-4-1-8(2-5-10)13(20)9-3-6-11-12(7-9)19-14(21)15(11,17)18/h1-7H,(H,19,21). The number of carbonyl (C=O) groups excluding carboxylic acids is 2. The number of alkyl halides is 2. The molecule has 0 aliphatic carbocycles. The third kappa shape index (κ3) is 2.48. The van der Waals surface area contributed by atoms with E-state index in [1.54, 1.807) is 42.5 Å². The van der Waals surface area contributed by atoms with Crippen molar-refractivity contribution < 1.29 is 9.59 Å². The van der Waals surface area contributed by atoms with Crippen LogP contribution in [0.25, 0.3) is 0 Å². The summed E-state index contributed by atoms with van der Waals surface area (Å²) in [6, 6.07) is 11.8. The Hall–Kier alpha value is -1.36. The van der Waals surface area contributed by atoms with Crippen molar-refractivity contribution in [3.63, 3.8) is 0 Å². The van der Waals surface area contributed by atoms with Crippen LogP contribution in [0, 0.1) is 0 Å². The molecule has 0 fully saturated rings. The van der Waals surface area contributed by atoms with Crippen LogP contribution in [0.4, 0.5) is 5.69 Å². The largest absolute Gasteiger partial charge is 0.323 e. The fourth-order valence-electron chi connectivity index (χ4n) is 2.15. The number of carbonyl (C=O) groups is 2. The summed E-state index contributed by atoms with van der Waals surface area (Å²) in [6.45, 7) is 0. The van der Waals surface area contributed by atoms with Gasteiger partial charge in [0, 0.05) is 26.9 Å². The number of hydrogen-bond donors (Lipinski definition) is 1. The van der Waals surface area contributed by atoms with Crippen molar-refractivity contribution in [2.45, 2.75) is 4.33 Å². The van der Waals surface area contributed by atoms with E-state index in [4.69, 9.17) is 23.2 Å². The van der Waals surface area contributed by atoms with Gasteiger partial charge in [-0.15, -0.1) is 0 Å². The molecule has 0 unspecified atom stereocenters. The van der Waals surface area contributed by atoms with E-state index in [1.807, 2.05) is 0 Å². The maximum Gasteiger partial charge on any atom is 0.265 e. The molecule has 0 spiro atoms. The minimum atomic E-state index is -1.60. The first-order valence-corrected chi connectivity index (χ1v) is 7.58. The molecule has 1 amide bonds. The molecule has 3 nitrogen and oxygen atoms in total. The van der Waals surface area contributed by atoms with E-state index in [0.717, 1.165) is 4.47 Å². The monoisotopic (exact) mass is 383 g/mol. The van der Waals surface area contributed by atoms with Crippen molar-refractivity contribution in [3.8, 4) is 0 Å². The van der Waals surface area contributed by atoms with Gasteiger partial charge < -0.3 is 5.32 Å². The molecule has 21 heavy (non-hydrogen) atoms. The number of hydrogen-bond acceptors (Lipinski definition) is 2. The first kappa shape index (κ1) is 14.6. The van der Waals surface area contributed by atoms with Crippen LogP contribution in [0.1, 0.15) is 21.5 Å². The number of benzene rings is 2. The number of anilines is 1. The average Bonchev–Trinajstić information content (AvgIpc) is 2.69. The van der Waals surface area contributed by atoms with Crippen LogP contribution in [0.3, 0.4) is 0 Å². The first-order valence-electron chi connectivity index (χ1n) is 6.03. The predicted octanol–water partition coefficient (Wildman–Crippen LogP) is 4.26. The summed E-state index contributed by atoms with van der Waals surface area (Å²) in [6.07, 6.45) is 0. The molecule has 1 aliphatic rings. The fraction of sp³-hybridized carbons (Fsp3) is 0.0667. The normalized spacial score (nSPS) is 15.5. The number of rotatable bonds is 2. The lowest BCUT2D eigenvalue weighted by Crippen LogP contribution is -2.21. The van der Waals surface area contributed by atoms with Crippen molar-refractivity contribution in [2.75, 3.05) is 5.32 Å². The molecule has 3 rings (SSSR count). The third-order valence-corrected chi connectivity index (χ3v) is 4.54. The summed E-state index contributed by atoms with van der Waals surface area (Å²) >= 11 is 15.3. The minimum Gasteiger partial charge on any atom is -0.323 e. The quantitative estimate of drug-likeness (QED) is 0.621. The second-order valence-electron chi connectivity index (χ2n) is 4.62. The summed E-state index contributed by atoms with van der Waals surface area (Å²) in [5.74, 6) is -0.643. The van der Waals surface area contributed by atoms with Crippen LogP contribution in [0.2, 0.25) is 0 Å². The van der Waals surface area contributed by atoms with Crippen molar-refractivity contribution in [2.24, 2.45) is 0 Å². The summed E-state index contributed by atoms with van der Waals surface area (Å²) in [4.78, 5) is 24.1. The zero-order chi connectivity index (χ0) is 15.2. The fourth-order valence-corrected chi connectivity index (χ4v) is 2.84. The van der Waals surface area contributed by atoms with Crippen molar-refractivity contribution in [3.05, 3.63) is 63.6 Å². The second-order valence-corrected chi connectivity index (χ2v) is 6.87. The van der Waals surface area contributed by atoms with E-state index >= 15 is 0 Å². The molecule has 0 saturated carbocycles. The number of fused-ring (bicyclic) bond motifs is 1. The molecule has 1 aliphatic heterocycles. The number of amides is 1. The van der Waals surface area contributed by atoms with Crippen LogP contribution in [0.5, 0.6) is 0 Å². The molecule has 2 aromatic carbocycles. The van der Waals surface area contributed by atoms with Gasteiger partial charge in [-0.25, -0.2) is 0 Å². The van der Waals surface area contributed by atoms with Gasteiger partial charge in [-0.05, 0) is 30.3 Å². The van der Waals surface area contributed by atoms with Crippen molar-refractivity contribution in [1.82, 2.24) is 0 Å². The topological polar surface area (TPSA) is 46.2 Å². The van der Waals surface area contributed by atoms with Gasteiger partial charge in [-0.3, -0.25) is 9.59 Å². The summed E-state index contributed by atoms with van der Waals surface area (Å²) in [5.41, 5.74) is 1.95. The van der Waals surface area contributed by atoms with Gasteiger partial charge in [0.05, 0.1) is 0 Å². The SMILES string of the molecule is O=C(c1ccc(Br)cc1)c1ccc2c(c1)NC(=O)C2(Cl)Cl. The van der Waals surface area contributed by atoms with E-state index in [-0.39, 0.29) is 5.78 Å². The van der Waals surface area contributed by atoms with Crippen LogP contribution < -0.4 is 5.32 Å². The van der Waals surface area contributed by atoms with Gasteiger partial charge >= 0.3 is 0 Å². The Kier molecular flexibility index (Phi) is 3.56. The van der Waals surface area contributed by atoms with Gasteiger partial charge in [0.25, 0.3) is 5.91 Å². The van der Waals surface area contributed by atoms with E-state index in [0.29, 0.717) is 22.4 Å². The predicted molar refractivity (Wildman–Crippen MR) is 86.0 cm³/mol. The second kappa shape index (κ2) is 5.13. The molecular weight excluding hydrogens is 377 g/mol. The summed E-state index contributed by atoms with van der Waals surface area (Å²) in [5, 5.41) is 2.58. The summed E-state index contributed by atoms with van der Waals surface area (Å²) in [7, 11) is 0. The Morgan fingerprint density at radius 1 is 1.05 bits per heavy atom. The van der Waals surface area contributed by atoms with Gasteiger partial charge in [0.2, 0.25) is 4.33 Å². The van der Waals surface area contributed by atoms with E-state index in [9.17, 15) is 9.59 Å². The Morgan fingerprint density at radius 2 is 1.67 bits per heavy atom. The molecule has 106 valence electrons. The maximum atomic E-state index is 12.4. The van der Waals surface area contributed by atoms with Crippen LogP contribution in [-0.2, 0) is 9.13 Å². The molecular formula is C15H8BrCl2NO2. The smallest absolute Gasteiger partial charge is 0.265 e. The number of nitrogens with one attached hydrogen (secondary N) is 1. The zero-order valence-electron chi connectivity index (χ0n) is 10.5. The summed E-state index contributed by atoms with van der Waals surface area (Å²) < 4.78 is -0.705. The molecule has 0 bridgehead atoms. The lowest BCUT2D eigenvalue weighted by Gasteiger charge is -2.09. The van der Waals surface area contributed by atoms with Crippen molar-refractivity contribution in [1.29, 1.82) is 0 Å². The van der Waals surface area contributed by atoms with Crippen LogP contribution in [-0.4, -0.2) is 11.7 Å². The van der Waals surface area contributed by atoms with E-state index in [2.05, 4.69) is 21.2 Å². The van der Waals surface area contributed by atoms with E-state index < -0.39 is 10.2 Å². The van der Waals surface area contributed by atoms with Gasteiger partial charge in [-0.2, -0.15) is 0 Å². The molecule has 0 aromatic heterocycles. The molecule has 0 saturated heterocycles. The Labute approximate surface area is 139 Å². The molecule has 0 atom stereocenters. The Balaban J connectivity index is 1.99. The Bertz CT molecular complexity index is 757. The molecule has 2 aromatic rings. The number of halogens is 3. The molecule has 0 radical (unpaired) electrons. The maximum absolute atomic E-state index is 12.4. The highest BCUT2D eigenvalue weighted by Gasteiger charge is 2.43. The third-order valence-electron chi connectivity index (χ3n) is 3.26. The zero-order valence-corrected chi connectivity index (χ0v) is 13.6.